The Hall–Kier alpha value is -1.12. The molecule has 3 nitrogen and oxygen atoms in total. The fraction of sp³-hybridized carbons (Fsp3) is 0.429. The summed E-state index contributed by atoms with van der Waals surface area (Å²) in [5, 5.41) is 0. The molecule has 0 aliphatic rings. The molecule has 0 aromatic heterocycles. The van der Waals surface area contributed by atoms with Gasteiger partial charge in [-0.3, -0.25) is 9.59 Å². The van der Waals surface area contributed by atoms with Crippen molar-refractivity contribution in [1.82, 2.24) is 0 Å². The Bertz CT molecular complexity index is 178. The molecule has 0 atom stereocenters. The number of carbonyl (C=O) groups excluding carboxylic acids is 2. The van der Waals surface area contributed by atoms with Crippen molar-refractivity contribution in [3.63, 3.8) is 0 Å². The number of ketones is 2. The van der Waals surface area contributed by atoms with Gasteiger partial charge < -0.3 is 5.73 Å². The van der Waals surface area contributed by atoms with Gasteiger partial charge in [0.25, 0.3) is 0 Å². The number of Topliss-reactive ketones (excluding diaryl/α,β-unsaturated/α-hetero) is 1. The average molecular weight is 141 g/mol. The molecular weight excluding hydrogens is 130 g/mol. The quantitative estimate of drug-likeness (QED) is 0.457. The van der Waals surface area contributed by atoms with Crippen LogP contribution in [-0.4, -0.2) is 11.6 Å². The third-order valence-corrected chi connectivity index (χ3v) is 0.812. The summed E-state index contributed by atoms with van der Waals surface area (Å²) in [7, 11) is 0. The highest BCUT2D eigenvalue weighted by molar-refractivity contribution is 6.03. The van der Waals surface area contributed by atoms with Gasteiger partial charge in [-0.25, -0.2) is 0 Å². The molecule has 0 heterocycles. The lowest BCUT2D eigenvalue weighted by Crippen LogP contribution is -2.03. The summed E-state index contributed by atoms with van der Waals surface area (Å²) in [4.78, 5) is 21.0. The van der Waals surface area contributed by atoms with Gasteiger partial charge in [-0.2, -0.15) is 0 Å². The summed E-state index contributed by atoms with van der Waals surface area (Å²) in [6, 6.07) is 0. The number of rotatable bonds is 3. The van der Waals surface area contributed by atoms with Gasteiger partial charge in [0.2, 0.25) is 0 Å². The van der Waals surface area contributed by atoms with Crippen LogP contribution >= 0.6 is 0 Å². The minimum Gasteiger partial charge on any atom is -0.402 e. The third kappa shape index (κ3) is 5.03. The first-order valence-corrected chi connectivity index (χ1v) is 2.98. The van der Waals surface area contributed by atoms with Crippen molar-refractivity contribution < 1.29 is 9.59 Å². The first-order chi connectivity index (χ1) is 4.52. The Morgan fingerprint density at radius 3 is 2.20 bits per heavy atom. The molecule has 0 saturated carbocycles. The second kappa shape index (κ2) is 3.82. The monoisotopic (exact) mass is 141 g/mol. The van der Waals surface area contributed by atoms with Gasteiger partial charge in [-0.05, 0) is 19.9 Å². The van der Waals surface area contributed by atoms with Crippen molar-refractivity contribution in [2.45, 2.75) is 20.3 Å². The molecule has 0 aliphatic heterocycles. The molecule has 0 amide bonds. The molecule has 0 bridgehead atoms. The molecule has 0 aliphatic carbocycles. The Morgan fingerprint density at radius 1 is 1.40 bits per heavy atom. The van der Waals surface area contributed by atoms with Gasteiger partial charge in [0, 0.05) is 5.70 Å². The second-order valence-corrected chi connectivity index (χ2v) is 2.23. The lowest BCUT2D eigenvalue weighted by Gasteiger charge is -1.89. The molecular formula is C7H11NO2. The van der Waals surface area contributed by atoms with Crippen molar-refractivity contribution in [1.29, 1.82) is 0 Å². The van der Waals surface area contributed by atoms with Crippen LogP contribution in [0.4, 0.5) is 0 Å². The van der Waals surface area contributed by atoms with Crippen molar-refractivity contribution in [2.24, 2.45) is 5.73 Å². The molecule has 0 spiro atoms. The van der Waals surface area contributed by atoms with Crippen LogP contribution in [0, 0.1) is 0 Å². The zero-order chi connectivity index (χ0) is 8.15. The highest BCUT2D eigenvalue weighted by Gasteiger charge is 2.00. The van der Waals surface area contributed by atoms with E-state index in [9.17, 15) is 9.59 Å². The van der Waals surface area contributed by atoms with E-state index in [-0.39, 0.29) is 18.0 Å². The number of hydrogen-bond acceptors (Lipinski definition) is 3. The number of nitrogens with two attached hydrogens (primary N) is 1. The first-order valence-electron chi connectivity index (χ1n) is 2.98. The molecule has 0 aromatic rings. The third-order valence-electron chi connectivity index (χ3n) is 0.812. The molecule has 0 saturated heterocycles. The van der Waals surface area contributed by atoms with E-state index in [4.69, 9.17) is 5.73 Å². The zero-order valence-corrected chi connectivity index (χ0v) is 6.18. The first kappa shape index (κ1) is 8.88. The minimum atomic E-state index is -0.229. The van der Waals surface area contributed by atoms with E-state index in [0.717, 1.165) is 0 Å². The van der Waals surface area contributed by atoms with Gasteiger partial charge in [0.05, 0.1) is 6.42 Å². The van der Waals surface area contributed by atoms with E-state index in [2.05, 4.69) is 0 Å². The van der Waals surface area contributed by atoms with Crippen molar-refractivity contribution in [3.05, 3.63) is 11.8 Å². The number of carbonyl (C=O) groups is 2. The average Bonchev–Trinajstić information content (AvgIpc) is 1.58. The molecule has 56 valence electrons. The maximum absolute atomic E-state index is 10.7. The maximum atomic E-state index is 10.7. The highest BCUT2D eigenvalue weighted by atomic mass is 16.1. The molecule has 2 N–H and O–H groups in total. The number of hydrogen-bond donors (Lipinski definition) is 1. The van der Waals surface area contributed by atoms with E-state index >= 15 is 0 Å². The normalized spacial score (nSPS) is 11.2. The molecule has 3 heteroatoms. The Balaban J connectivity index is 3.88. The van der Waals surface area contributed by atoms with Gasteiger partial charge >= 0.3 is 0 Å². The van der Waals surface area contributed by atoms with Gasteiger partial charge in [0.1, 0.15) is 5.78 Å². The predicted octanol–water partition coefficient (Wildman–Crippen LogP) is 0.397. The van der Waals surface area contributed by atoms with E-state index < -0.39 is 0 Å². The van der Waals surface area contributed by atoms with Gasteiger partial charge in [-0.1, -0.05) is 0 Å². The van der Waals surface area contributed by atoms with E-state index in [1.54, 1.807) is 6.92 Å². The van der Waals surface area contributed by atoms with Crippen LogP contribution in [0.15, 0.2) is 11.8 Å². The summed E-state index contributed by atoms with van der Waals surface area (Å²) < 4.78 is 0. The summed E-state index contributed by atoms with van der Waals surface area (Å²) in [6.45, 7) is 2.98. The van der Waals surface area contributed by atoms with E-state index in [1.807, 2.05) is 0 Å². The van der Waals surface area contributed by atoms with Gasteiger partial charge in [0.15, 0.2) is 5.78 Å². The van der Waals surface area contributed by atoms with E-state index in [0.29, 0.717) is 5.70 Å². The lowest BCUT2D eigenvalue weighted by molar-refractivity contribution is -0.123. The predicted molar refractivity (Wildman–Crippen MR) is 38.2 cm³/mol. The van der Waals surface area contributed by atoms with Crippen LogP contribution in [0.5, 0.6) is 0 Å². The van der Waals surface area contributed by atoms with Crippen LogP contribution < -0.4 is 5.73 Å². The Morgan fingerprint density at radius 2 is 1.90 bits per heavy atom. The fourth-order valence-corrected chi connectivity index (χ4v) is 0.550. The minimum absolute atomic E-state index is 0.0471. The fourth-order valence-electron chi connectivity index (χ4n) is 0.550. The summed E-state index contributed by atoms with van der Waals surface area (Å²) in [5.41, 5.74) is 5.63. The topological polar surface area (TPSA) is 60.2 Å². The van der Waals surface area contributed by atoms with Crippen molar-refractivity contribution in [3.8, 4) is 0 Å². The van der Waals surface area contributed by atoms with Crippen molar-refractivity contribution >= 4 is 11.6 Å². The summed E-state index contributed by atoms with van der Waals surface area (Å²) in [5.74, 6) is -0.366. The van der Waals surface area contributed by atoms with Crippen LogP contribution in [0.1, 0.15) is 20.3 Å². The van der Waals surface area contributed by atoms with E-state index in [1.165, 1.54) is 13.0 Å². The Labute approximate surface area is 59.9 Å². The van der Waals surface area contributed by atoms with Crippen LogP contribution in [0.3, 0.4) is 0 Å². The molecule has 0 aromatic carbocycles. The lowest BCUT2D eigenvalue weighted by atomic mass is 10.2. The number of allylic oxidation sites excluding steroid dienone is 2. The summed E-state index contributed by atoms with van der Waals surface area (Å²) >= 11 is 0. The van der Waals surface area contributed by atoms with Crippen LogP contribution in [0.2, 0.25) is 0 Å². The standard InChI is InChI=1S/C7H11NO2/c1-5(8)3-7(10)4-6(2)9/h3H,4,8H2,1-2H3/b5-3-. The second-order valence-electron chi connectivity index (χ2n) is 2.23. The van der Waals surface area contributed by atoms with Crippen molar-refractivity contribution in [2.75, 3.05) is 0 Å². The molecule has 0 fully saturated rings. The SMILES string of the molecule is CC(=O)CC(=O)/C=C(/C)N. The molecule has 0 rings (SSSR count). The van der Waals surface area contributed by atoms with Gasteiger partial charge in [-0.15, -0.1) is 0 Å². The zero-order valence-electron chi connectivity index (χ0n) is 6.18. The summed E-state index contributed by atoms with van der Waals surface area (Å²) in [6.07, 6.45) is 1.22. The maximum Gasteiger partial charge on any atom is 0.164 e. The highest BCUT2D eigenvalue weighted by Crippen LogP contribution is 1.89. The Kier molecular flexibility index (Phi) is 3.39. The molecule has 0 unspecified atom stereocenters. The van der Waals surface area contributed by atoms with Crippen LogP contribution in [-0.2, 0) is 9.59 Å². The largest absolute Gasteiger partial charge is 0.402 e. The molecule has 10 heavy (non-hydrogen) atoms. The molecule has 0 radical (unpaired) electrons. The smallest absolute Gasteiger partial charge is 0.164 e. The van der Waals surface area contributed by atoms with Crippen LogP contribution in [0.25, 0.3) is 0 Å².